The number of hydrogen-bond donors (Lipinski definition) is 2. The number of fused-ring (bicyclic) bond motifs is 1. The Morgan fingerprint density at radius 1 is 1.00 bits per heavy atom. The van der Waals surface area contributed by atoms with Crippen molar-refractivity contribution in [1.29, 1.82) is 0 Å². The van der Waals surface area contributed by atoms with E-state index < -0.39 is 5.25 Å². The molecule has 0 fully saturated rings. The van der Waals surface area contributed by atoms with Gasteiger partial charge < -0.3 is 15.5 Å². The molecule has 0 unspecified atom stereocenters. The number of amides is 1. The first-order valence-corrected chi connectivity index (χ1v) is 11.6. The molecule has 0 bridgehead atoms. The van der Waals surface area contributed by atoms with Crippen LogP contribution < -0.4 is 15.5 Å². The molecular weight excluding hydrogens is 434 g/mol. The van der Waals surface area contributed by atoms with Crippen molar-refractivity contribution in [2.75, 3.05) is 17.3 Å². The fraction of sp³-hybridized carbons (Fsp3) is 0.160. The van der Waals surface area contributed by atoms with Gasteiger partial charge in [-0.3, -0.25) is 4.79 Å². The summed E-state index contributed by atoms with van der Waals surface area (Å²) in [5.74, 6) is 1.40. The summed E-state index contributed by atoms with van der Waals surface area (Å²) in [6, 6.07) is 26.9. The highest BCUT2D eigenvalue weighted by molar-refractivity contribution is 8.00. The lowest BCUT2D eigenvalue weighted by Gasteiger charge is -2.33. The lowest BCUT2D eigenvalue weighted by molar-refractivity contribution is -0.116. The summed E-state index contributed by atoms with van der Waals surface area (Å²) in [6.07, 6.45) is 0. The second-order valence-corrected chi connectivity index (χ2v) is 8.62. The quantitative estimate of drug-likeness (QED) is 0.435. The minimum absolute atomic E-state index is 0.104. The van der Waals surface area contributed by atoms with E-state index in [0.717, 1.165) is 22.6 Å². The van der Waals surface area contributed by atoms with Gasteiger partial charge in [0.05, 0.1) is 12.6 Å². The molecule has 8 heteroatoms. The Hall–Kier alpha value is -3.78. The maximum atomic E-state index is 13.4. The number of carbonyl (C=O) groups excluding carboxylic acids is 1. The molecule has 1 amide bonds. The summed E-state index contributed by atoms with van der Waals surface area (Å²) in [6.45, 7) is 2.55. The molecular formula is C25H23N5O2S. The number of nitrogens with zero attached hydrogens (tertiary/aromatic N) is 3. The van der Waals surface area contributed by atoms with Crippen LogP contribution in [0.1, 0.15) is 18.5 Å². The van der Waals surface area contributed by atoms with Crippen LogP contribution in [0, 0.1) is 0 Å². The van der Waals surface area contributed by atoms with E-state index in [0.29, 0.717) is 17.6 Å². The van der Waals surface area contributed by atoms with Crippen LogP contribution in [-0.4, -0.2) is 32.6 Å². The molecule has 7 nitrogen and oxygen atoms in total. The van der Waals surface area contributed by atoms with Crippen LogP contribution in [0.3, 0.4) is 0 Å². The highest BCUT2D eigenvalue weighted by Gasteiger charge is 2.38. The van der Waals surface area contributed by atoms with Crippen molar-refractivity contribution in [1.82, 2.24) is 14.9 Å². The van der Waals surface area contributed by atoms with E-state index >= 15 is 0 Å². The Kier molecular flexibility index (Phi) is 5.99. The third kappa shape index (κ3) is 4.42. The number of benzene rings is 3. The van der Waals surface area contributed by atoms with Crippen molar-refractivity contribution >= 4 is 23.4 Å². The van der Waals surface area contributed by atoms with Gasteiger partial charge in [-0.1, -0.05) is 72.4 Å². The van der Waals surface area contributed by atoms with Gasteiger partial charge in [0, 0.05) is 11.3 Å². The van der Waals surface area contributed by atoms with Crippen molar-refractivity contribution < 1.29 is 9.53 Å². The first-order chi connectivity index (χ1) is 16.2. The first kappa shape index (κ1) is 21.1. The number of hydrogen-bond acceptors (Lipinski definition) is 6. The van der Waals surface area contributed by atoms with Gasteiger partial charge in [0.15, 0.2) is 5.82 Å². The predicted octanol–water partition coefficient (Wildman–Crippen LogP) is 4.74. The lowest BCUT2D eigenvalue weighted by Crippen LogP contribution is -2.41. The predicted molar refractivity (Wildman–Crippen MR) is 130 cm³/mol. The monoisotopic (exact) mass is 457 g/mol. The maximum Gasteiger partial charge on any atom is 0.240 e. The fourth-order valence-electron chi connectivity index (χ4n) is 3.75. The summed E-state index contributed by atoms with van der Waals surface area (Å²) < 4.78 is 7.46. The molecule has 1 aliphatic heterocycles. The van der Waals surface area contributed by atoms with Crippen molar-refractivity contribution in [3.8, 4) is 17.1 Å². The Labute approximate surface area is 196 Å². The zero-order valence-electron chi connectivity index (χ0n) is 18.0. The summed E-state index contributed by atoms with van der Waals surface area (Å²) in [5, 5.41) is 12.0. The van der Waals surface area contributed by atoms with E-state index in [2.05, 4.69) is 20.9 Å². The van der Waals surface area contributed by atoms with Gasteiger partial charge in [0.1, 0.15) is 11.0 Å². The van der Waals surface area contributed by atoms with Crippen molar-refractivity contribution in [3.05, 3.63) is 90.5 Å². The largest absolute Gasteiger partial charge is 0.494 e. The standard InChI is InChI=1S/C25H23N5O2S/c1-2-32-20-15-13-17(14-16-20)21-22(24(31)26-19-11-7-4-8-12-19)33-25-28-27-23(30(25)29-21)18-9-5-3-6-10-18/h3-16,21-22,29H,2H2,1H3,(H,26,31)/t21-,22-/m0/s1. The molecule has 166 valence electrons. The SMILES string of the molecule is CCOc1ccc([C@@H]2Nn3c(nnc3-c3ccccc3)S[C@@H]2C(=O)Nc2ccccc2)cc1. The average Bonchev–Trinajstić information content (AvgIpc) is 3.28. The number of aromatic nitrogens is 3. The van der Waals surface area contributed by atoms with Gasteiger partial charge in [-0.2, -0.15) is 0 Å². The minimum atomic E-state index is -0.455. The number of thioether (sulfide) groups is 1. The normalized spacial score (nSPS) is 17.0. The van der Waals surface area contributed by atoms with Crippen LogP contribution in [-0.2, 0) is 4.79 Å². The second-order valence-electron chi connectivity index (χ2n) is 7.51. The van der Waals surface area contributed by atoms with E-state index in [1.807, 2.05) is 96.5 Å². The molecule has 0 saturated carbocycles. The van der Waals surface area contributed by atoms with Crippen LogP contribution in [0.4, 0.5) is 5.69 Å². The number of para-hydroxylation sites is 1. The van der Waals surface area contributed by atoms with Crippen molar-refractivity contribution in [2.24, 2.45) is 0 Å². The average molecular weight is 458 g/mol. The Bertz CT molecular complexity index is 1230. The zero-order chi connectivity index (χ0) is 22.6. The van der Waals surface area contributed by atoms with Gasteiger partial charge in [-0.15, -0.1) is 10.2 Å². The molecule has 0 aliphatic carbocycles. The number of ether oxygens (including phenoxy) is 1. The van der Waals surface area contributed by atoms with Crippen LogP contribution in [0.15, 0.2) is 90.1 Å². The van der Waals surface area contributed by atoms with Crippen LogP contribution in [0.25, 0.3) is 11.4 Å². The third-order valence-corrected chi connectivity index (χ3v) is 6.53. The lowest BCUT2D eigenvalue weighted by atomic mass is 10.0. The second kappa shape index (κ2) is 9.38. The third-order valence-electron chi connectivity index (χ3n) is 5.32. The van der Waals surface area contributed by atoms with Gasteiger partial charge in [0.2, 0.25) is 11.1 Å². The van der Waals surface area contributed by atoms with E-state index in [1.54, 1.807) is 0 Å². The maximum absolute atomic E-state index is 13.4. The highest BCUT2D eigenvalue weighted by Crippen LogP contribution is 2.39. The molecule has 33 heavy (non-hydrogen) atoms. The van der Waals surface area contributed by atoms with Crippen LogP contribution in [0.5, 0.6) is 5.75 Å². The van der Waals surface area contributed by atoms with Crippen molar-refractivity contribution in [2.45, 2.75) is 23.4 Å². The molecule has 2 atom stereocenters. The molecule has 2 heterocycles. The van der Waals surface area contributed by atoms with E-state index in [1.165, 1.54) is 11.8 Å². The van der Waals surface area contributed by atoms with Gasteiger partial charge >= 0.3 is 0 Å². The molecule has 1 aliphatic rings. The highest BCUT2D eigenvalue weighted by atomic mass is 32.2. The number of nitrogens with one attached hydrogen (secondary N) is 2. The van der Waals surface area contributed by atoms with Gasteiger partial charge in [-0.25, -0.2) is 4.68 Å². The molecule has 0 saturated heterocycles. The summed E-state index contributed by atoms with van der Waals surface area (Å²) in [5.41, 5.74) is 6.17. The Morgan fingerprint density at radius 2 is 1.70 bits per heavy atom. The number of carbonyl (C=O) groups is 1. The summed E-state index contributed by atoms with van der Waals surface area (Å²) in [4.78, 5) is 13.4. The molecule has 0 radical (unpaired) electrons. The zero-order valence-corrected chi connectivity index (χ0v) is 18.8. The fourth-order valence-corrected chi connectivity index (χ4v) is 4.83. The molecule has 3 aromatic carbocycles. The van der Waals surface area contributed by atoms with E-state index in [-0.39, 0.29) is 11.9 Å². The van der Waals surface area contributed by atoms with Crippen LogP contribution >= 0.6 is 11.8 Å². The Balaban J connectivity index is 1.50. The minimum Gasteiger partial charge on any atom is -0.494 e. The number of anilines is 1. The molecule has 5 rings (SSSR count). The van der Waals surface area contributed by atoms with E-state index in [9.17, 15) is 4.79 Å². The van der Waals surface area contributed by atoms with Gasteiger partial charge in [-0.05, 0) is 36.8 Å². The van der Waals surface area contributed by atoms with Crippen LogP contribution in [0.2, 0.25) is 0 Å². The summed E-state index contributed by atoms with van der Waals surface area (Å²) >= 11 is 1.40. The summed E-state index contributed by atoms with van der Waals surface area (Å²) in [7, 11) is 0. The smallest absolute Gasteiger partial charge is 0.240 e. The molecule has 4 aromatic rings. The Morgan fingerprint density at radius 3 is 2.39 bits per heavy atom. The first-order valence-electron chi connectivity index (χ1n) is 10.8. The molecule has 1 aromatic heterocycles. The molecule has 0 spiro atoms. The van der Waals surface area contributed by atoms with Gasteiger partial charge in [0.25, 0.3) is 0 Å². The van der Waals surface area contributed by atoms with E-state index in [4.69, 9.17) is 4.74 Å². The number of rotatable bonds is 6. The topological polar surface area (TPSA) is 81.1 Å². The molecule has 2 N–H and O–H groups in total. The van der Waals surface area contributed by atoms with Crippen molar-refractivity contribution in [3.63, 3.8) is 0 Å².